The fourth-order valence-corrected chi connectivity index (χ4v) is 3.66. The van der Waals surface area contributed by atoms with Crippen molar-refractivity contribution in [1.29, 1.82) is 0 Å². The van der Waals surface area contributed by atoms with Crippen molar-refractivity contribution >= 4 is 16.8 Å². The molecule has 0 unspecified atom stereocenters. The summed E-state index contributed by atoms with van der Waals surface area (Å²) in [5.74, 6) is -0.519. The number of aromatic nitrogens is 3. The van der Waals surface area contributed by atoms with Gasteiger partial charge in [0.1, 0.15) is 5.69 Å². The monoisotopic (exact) mass is 402 g/mol. The zero-order valence-corrected chi connectivity index (χ0v) is 16.9. The van der Waals surface area contributed by atoms with E-state index in [1.807, 2.05) is 22.8 Å². The van der Waals surface area contributed by atoms with Gasteiger partial charge in [0.2, 0.25) is 0 Å². The molecule has 0 saturated carbocycles. The highest BCUT2D eigenvalue weighted by molar-refractivity contribution is 5.90. The molecule has 0 saturated heterocycles. The Morgan fingerprint density at radius 1 is 1.07 bits per heavy atom. The highest BCUT2D eigenvalue weighted by Crippen LogP contribution is 2.17. The van der Waals surface area contributed by atoms with Crippen LogP contribution in [0.2, 0.25) is 0 Å². The van der Waals surface area contributed by atoms with Crippen molar-refractivity contribution in [2.75, 3.05) is 0 Å². The van der Waals surface area contributed by atoms with Crippen molar-refractivity contribution in [3.63, 3.8) is 0 Å². The van der Waals surface area contributed by atoms with Crippen molar-refractivity contribution in [2.45, 2.75) is 38.6 Å². The summed E-state index contributed by atoms with van der Waals surface area (Å²) in [7, 11) is 0. The van der Waals surface area contributed by atoms with Crippen molar-refractivity contribution < 1.29 is 9.53 Å². The molecular weight excluding hydrogens is 376 g/mol. The maximum atomic E-state index is 11.3. The van der Waals surface area contributed by atoms with E-state index in [9.17, 15) is 4.79 Å². The molecule has 2 N–H and O–H groups in total. The van der Waals surface area contributed by atoms with E-state index < -0.39 is 5.91 Å². The van der Waals surface area contributed by atoms with Gasteiger partial charge in [0.25, 0.3) is 5.91 Å². The van der Waals surface area contributed by atoms with Crippen molar-refractivity contribution in [3.8, 4) is 0 Å². The minimum atomic E-state index is -0.519. The molecule has 6 heteroatoms. The molecule has 6 nitrogen and oxygen atoms in total. The van der Waals surface area contributed by atoms with Gasteiger partial charge in [-0.15, -0.1) is 0 Å². The summed E-state index contributed by atoms with van der Waals surface area (Å²) in [6.07, 6.45) is 7.33. The van der Waals surface area contributed by atoms with Gasteiger partial charge in [-0.3, -0.25) is 4.79 Å². The summed E-state index contributed by atoms with van der Waals surface area (Å²) in [4.78, 5) is 15.4. The number of nitrogens with zero attached hydrogens (tertiary/aromatic N) is 3. The van der Waals surface area contributed by atoms with E-state index in [0.29, 0.717) is 13.2 Å². The van der Waals surface area contributed by atoms with E-state index in [2.05, 4.69) is 58.2 Å². The van der Waals surface area contributed by atoms with Crippen molar-refractivity contribution in [3.05, 3.63) is 90.6 Å². The zero-order valence-electron chi connectivity index (χ0n) is 16.9. The molecule has 0 radical (unpaired) electrons. The number of hydrogen-bond donors (Lipinski definition) is 1. The van der Waals surface area contributed by atoms with Crippen LogP contribution in [0.4, 0.5) is 0 Å². The molecule has 4 aromatic rings. The van der Waals surface area contributed by atoms with E-state index in [-0.39, 0.29) is 11.8 Å². The maximum absolute atomic E-state index is 11.3. The number of fused-ring (bicyclic) bond motifs is 1. The molecule has 0 bridgehead atoms. The molecule has 0 aliphatic heterocycles. The number of benzene rings is 2. The molecule has 0 aliphatic carbocycles. The van der Waals surface area contributed by atoms with Crippen LogP contribution in [-0.2, 0) is 24.4 Å². The fraction of sp³-hybridized carbons (Fsp3) is 0.250. The predicted molar refractivity (Wildman–Crippen MR) is 117 cm³/mol. The summed E-state index contributed by atoms with van der Waals surface area (Å²) < 4.78 is 10.4. The summed E-state index contributed by atoms with van der Waals surface area (Å²) >= 11 is 0. The SMILES string of the molecule is NC(=O)c1cn(C[C@H](CCCn2ccc3ccccc32)OCc2ccccc2)cn1. The summed E-state index contributed by atoms with van der Waals surface area (Å²) in [6.45, 7) is 2.10. The number of aryl methyl sites for hydroxylation is 1. The maximum Gasteiger partial charge on any atom is 0.268 e. The lowest BCUT2D eigenvalue weighted by Gasteiger charge is -2.19. The highest BCUT2D eigenvalue weighted by Gasteiger charge is 2.13. The van der Waals surface area contributed by atoms with Gasteiger partial charge < -0.3 is 19.6 Å². The number of hydrogen-bond acceptors (Lipinski definition) is 3. The molecule has 0 aliphatic rings. The van der Waals surface area contributed by atoms with Crippen LogP contribution in [0.15, 0.2) is 79.4 Å². The Morgan fingerprint density at radius 2 is 1.87 bits per heavy atom. The number of ether oxygens (including phenoxy) is 1. The molecule has 1 amide bonds. The number of carbonyl (C=O) groups excluding carboxylic acids is 1. The minimum absolute atomic E-state index is 0.00181. The summed E-state index contributed by atoms with van der Waals surface area (Å²) in [5.41, 5.74) is 7.99. The van der Waals surface area contributed by atoms with Crippen LogP contribution < -0.4 is 5.73 Å². The second-order valence-electron chi connectivity index (χ2n) is 7.45. The van der Waals surface area contributed by atoms with Gasteiger partial charge in [-0.25, -0.2) is 4.98 Å². The van der Waals surface area contributed by atoms with Crippen LogP contribution in [-0.4, -0.2) is 26.1 Å². The van der Waals surface area contributed by atoms with Gasteiger partial charge in [-0.1, -0.05) is 48.5 Å². The number of imidazole rings is 1. The van der Waals surface area contributed by atoms with Gasteiger partial charge in [0.15, 0.2) is 0 Å². The molecule has 1 atom stereocenters. The third kappa shape index (κ3) is 4.96. The third-order valence-corrected chi connectivity index (χ3v) is 5.23. The zero-order chi connectivity index (χ0) is 20.8. The molecule has 0 spiro atoms. The van der Waals surface area contributed by atoms with Gasteiger partial charge in [0.05, 0.1) is 19.0 Å². The fourth-order valence-electron chi connectivity index (χ4n) is 3.66. The second kappa shape index (κ2) is 9.41. The molecule has 2 heterocycles. The molecular formula is C24H26N4O2. The molecule has 154 valence electrons. The first-order chi connectivity index (χ1) is 14.7. The Hall–Kier alpha value is -3.38. The van der Waals surface area contributed by atoms with E-state index in [4.69, 9.17) is 10.5 Å². The van der Waals surface area contributed by atoms with Crippen LogP contribution >= 0.6 is 0 Å². The molecule has 30 heavy (non-hydrogen) atoms. The van der Waals surface area contributed by atoms with Gasteiger partial charge in [-0.05, 0) is 35.9 Å². The molecule has 0 fully saturated rings. The normalized spacial score (nSPS) is 12.3. The predicted octanol–water partition coefficient (Wildman–Crippen LogP) is 4.00. The lowest BCUT2D eigenvalue weighted by atomic mass is 10.1. The first-order valence-electron chi connectivity index (χ1n) is 10.2. The Kier molecular flexibility index (Phi) is 6.25. The van der Waals surface area contributed by atoms with Gasteiger partial charge in [-0.2, -0.15) is 0 Å². The standard InChI is InChI=1S/C24H26N4O2/c25-24(29)22-16-27(18-26-22)15-21(30-17-19-7-2-1-3-8-19)10-6-13-28-14-12-20-9-4-5-11-23(20)28/h1-5,7-9,11-12,14,16,18,21H,6,10,13,15,17H2,(H2,25,29)/t21-/m0/s1. The molecule has 2 aromatic heterocycles. The van der Waals surface area contributed by atoms with Crippen LogP contribution in [0.3, 0.4) is 0 Å². The van der Waals surface area contributed by atoms with Gasteiger partial charge >= 0.3 is 0 Å². The van der Waals surface area contributed by atoms with Crippen molar-refractivity contribution in [1.82, 2.24) is 14.1 Å². The largest absolute Gasteiger partial charge is 0.372 e. The Balaban J connectivity index is 1.39. The number of carbonyl (C=O) groups is 1. The minimum Gasteiger partial charge on any atom is -0.372 e. The first-order valence-corrected chi connectivity index (χ1v) is 10.2. The average Bonchev–Trinajstić information content (AvgIpc) is 3.40. The Labute approximate surface area is 175 Å². The van der Waals surface area contributed by atoms with Crippen LogP contribution in [0.1, 0.15) is 28.9 Å². The topological polar surface area (TPSA) is 75.1 Å². The number of nitrogens with two attached hydrogens (primary N) is 1. The summed E-state index contributed by atoms with van der Waals surface area (Å²) in [5, 5.41) is 1.26. The molecule has 2 aromatic carbocycles. The number of para-hydroxylation sites is 1. The Bertz CT molecular complexity index is 1100. The van der Waals surface area contributed by atoms with Crippen LogP contribution in [0, 0.1) is 0 Å². The summed E-state index contributed by atoms with van der Waals surface area (Å²) in [6, 6.07) is 20.7. The average molecular weight is 402 g/mol. The third-order valence-electron chi connectivity index (χ3n) is 5.23. The number of rotatable bonds is 10. The van der Waals surface area contributed by atoms with E-state index in [0.717, 1.165) is 24.9 Å². The quantitative estimate of drug-likeness (QED) is 0.436. The lowest BCUT2D eigenvalue weighted by Crippen LogP contribution is -2.20. The van der Waals surface area contributed by atoms with Gasteiger partial charge in [0, 0.05) is 31.0 Å². The van der Waals surface area contributed by atoms with Crippen molar-refractivity contribution in [2.24, 2.45) is 5.73 Å². The second-order valence-corrected chi connectivity index (χ2v) is 7.45. The number of primary amides is 1. The Morgan fingerprint density at radius 3 is 2.67 bits per heavy atom. The molecule has 4 rings (SSSR count). The van der Waals surface area contributed by atoms with E-state index in [1.165, 1.54) is 10.9 Å². The number of amides is 1. The first kappa shape index (κ1) is 19.9. The van der Waals surface area contributed by atoms with E-state index >= 15 is 0 Å². The lowest BCUT2D eigenvalue weighted by molar-refractivity contribution is 0.0218. The van der Waals surface area contributed by atoms with Crippen LogP contribution in [0.25, 0.3) is 10.9 Å². The smallest absolute Gasteiger partial charge is 0.268 e. The van der Waals surface area contributed by atoms with E-state index in [1.54, 1.807) is 12.5 Å². The van der Waals surface area contributed by atoms with Crippen LogP contribution in [0.5, 0.6) is 0 Å². The highest BCUT2D eigenvalue weighted by atomic mass is 16.5.